The zero-order valence-corrected chi connectivity index (χ0v) is 14.2. The molecule has 1 aromatic carbocycles. The number of aliphatic hydroxyl groups excluding tert-OH is 2. The number of aliphatic hydroxyl groups is 2. The molecule has 1 aliphatic rings. The second kappa shape index (κ2) is 8.09. The SMILES string of the molecule is CNC(=O)[C@@H]1[C@@H](O)[C@@H](O)CN1C(=O)[C@H](Cc1ccccc1)NC(C)=O. The van der Waals surface area contributed by atoms with E-state index in [1.807, 2.05) is 30.3 Å². The molecule has 0 radical (unpaired) electrons. The van der Waals surface area contributed by atoms with Crippen LogP contribution in [0.2, 0.25) is 0 Å². The molecule has 0 bridgehead atoms. The Labute approximate surface area is 145 Å². The van der Waals surface area contributed by atoms with Crippen molar-refractivity contribution in [3.63, 3.8) is 0 Å². The highest BCUT2D eigenvalue weighted by Gasteiger charge is 2.47. The number of hydrogen-bond donors (Lipinski definition) is 4. The number of amides is 3. The molecule has 4 N–H and O–H groups in total. The molecule has 1 aromatic rings. The summed E-state index contributed by atoms with van der Waals surface area (Å²) in [5.41, 5.74) is 0.839. The summed E-state index contributed by atoms with van der Waals surface area (Å²) in [4.78, 5) is 37.6. The van der Waals surface area contributed by atoms with Crippen LogP contribution in [0.5, 0.6) is 0 Å². The molecule has 1 fully saturated rings. The molecule has 0 aliphatic carbocycles. The first-order valence-electron chi connectivity index (χ1n) is 8.04. The summed E-state index contributed by atoms with van der Waals surface area (Å²) in [5, 5.41) is 24.9. The van der Waals surface area contributed by atoms with Crippen molar-refractivity contribution in [1.82, 2.24) is 15.5 Å². The maximum atomic E-state index is 12.9. The maximum absolute atomic E-state index is 12.9. The molecule has 25 heavy (non-hydrogen) atoms. The topological polar surface area (TPSA) is 119 Å². The van der Waals surface area contributed by atoms with Crippen molar-refractivity contribution in [2.24, 2.45) is 0 Å². The van der Waals surface area contributed by atoms with Gasteiger partial charge in [0.15, 0.2) is 0 Å². The molecule has 0 unspecified atom stereocenters. The van der Waals surface area contributed by atoms with E-state index in [2.05, 4.69) is 10.6 Å². The standard InChI is InChI=1S/C17H23N3O5/c1-10(21)19-12(8-11-6-4-3-5-7-11)17(25)20-9-13(22)15(23)14(20)16(24)18-2/h3-7,12-15,22-23H,8-9H2,1-2H3,(H,18,24)(H,19,21)/t12-,13-,14-,15-/m0/s1. The zero-order chi connectivity index (χ0) is 18.6. The van der Waals surface area contributed by atoms with Gasteiger partial charge in [-0.05, 0) is 5.56 Å². The summed E-state index contributed by atoms with van der Waals surface area (Å²) in [5.74, 6) is -1.48. The van der Waals surface area contributed by atoms with E-state index >= 15 is 0 Å². The Balaban J connectivity index is 2.25. The van der Waals surface area contributed by atoms with Crippen molar-refractivity contribution in [3.05, 3.63) is 35.9 Å². The predicted octanol–water partition coefficient (Wildman–Crippen LogP) is -1.59. The van der Waals surface area contributed by atoms with Crippen LogP contribution in [0.25, 0.3) is 0 Å². The molecule has 1 heterocycles. The number of rotatable bonds is 5. The molecule has 1 saturated heterocycles. The first-order chi connectivity index (χ1) is 11.8. The van der Waals surface area contributed by atoms with Crippen molar-refractivity contribution in [2.45, 2.75) is 37.6 Å². The Bertz CT molecular complexity index is 636. The number of nitrogens with one attached hydrogen (secondary N) is 2. The lowest BCUT2D eigenvalue weighted by Gasteiger charge is -2.28. The van der Waals surface area contributed by atoms with E-state index in [1.165, 1.54) is 14.0 Å². The highest BCUT2D eigenvalue weighted by atomic mass is 16.3. The third-order valence-corrected chi connectivity index (χ3v) is 4.19. The minimum atomic E-state index is -1.38. The van der Waals surface area contributed by atoms with Crippen LogP contribution < -0.4 is 10.6 Å². The monoisotopic (exact) mass is 349 g/mol. The van der Waals surface area contributed by atoms with Gasteiger partial charge in [0, 0.05) is 20.4 Å². The van der Waals surface area contributed by atoms with Gasteiger partial charge in [0.2, 0.25) is 17.7 Å². The lowest BCUT2D eigenvalue weighted by Crippen LogP contribution is -2.55. The van der Waals surface area contributed by atoms with Crippen molar-refractivity contribution < 1.29 is 24.6 Å². The van der Waals surface area contributed by atoms with Gasteiger partial charge in [-0.2, -0.15) is 0 Å². The molecule has 2 rings (SSSR count). The minimum Gasteiger partial charge on any atom is -0.388 e. The first-order valence-corrected chi connectivity index (χ1v) is 8.04. The van der Waals surface area contributed by atoms with Crippen LogP contribution in [0.15, 0.2) is 30.3 Å². The molecule has 3 amide bonds. The zero-order valence-electron chi connectivity index (χ0n) is 14.2. The Morgan fingerprint density at radius 1 is 1.24 bits per heavy atom. The van der Waals surface area contributed by atoms with E-state index in [4.69, 9.17) is 0 Å². The van der Waals surface area contributed by atoms with Crippen LogP contribution in [0, 0.1) is 0 Å². The number of nitrogens with zero attached hydrogens (tertiary/aromatic N) is 1. The van der Waals surface area contributed by atoms with Crippen LogP contribution >= 0.6 is 0 Å². The number of benzene rings is 1. The summed E-state index contributed by atoms with van der Waals surface area (Å²) in [6.45, 7) is 1.12. The molecule has 0 saturated carbocycles. The molecule has 8 nitrogen and oxygen atoms in total. The van der Waals surface area contributed by atoms with E-state index in [0.717, 1.165) is 10.5 Å². The second-order valence-corrected chi connectivity index (χ2v) is 6.05. The van der Waals surface area contributed by atoms with Gasteiger partial charge in [0.25, 0.3) is 0 Å². The molecule has 0 spiro atoms. The molecule has 8 heteroatoms. The smallest absolute Gasteiger partial charge is 0.246 e. The fourth-order valence-electron chi connectivity index (χ4n) is 2.98. The van der Waals surface area contributed by atoms with Gasteiger partial charge in [0.05, 0.1) is 12.6 Å². The highest BCUT2D eigenvalue weighted by Crippen LogP contribution is 2.21. The van der Waals surface area contributed by atoms with Gasteiger partial charge < -0.3 is 25.7 Å². The highest BCUT2D eigenvalue weighted by molar-refractivity contribution is 5.93. The van der Waals surface area contributed by atoms with Gasteiger partial charge in [-0.15, -0.1) is 0 Å². The summed E-state index contributed by atoms with van der Waals surface area (Å²) in [6.07, 6.45) is -2.36. The predicted molar refractivity (Wildman–Crippen MR) is 89.3 cm³/mol. The Morgan fingerprint density at radius 3 is 2.44 bits per heavy atom. The van der Waals surface area contributed by atoms with E-state index < -0.39 is 36.1 Å². The normalized spacial score (nSPS) is 23.8. The van der Waals surface area contributed by atoms with Crippen molar-refractivity contribution in [3.8, 4) is 0 Å². The molecule has 0 aromatic heterocycles. The fraction of sp³-hybridized carbons (Fsp3) is 0.471. The maximum Gasteiger partial charge on any atom is 0.246 e. The van der Waals surface area contributed by atoms with Gasteiger partial charge in [-0.3, -0.25) is 14.4 Å². The Kier molecular flexibility index (Phi) is 6.11. The fourth-order valence-corrected chi connectivity index (χ4v) is 2.98. The van der Waals surface area contributed by atoms with Crippen molar-refractivity contribution in [2.75, 3.05) is 13.6 Å². The number of likely N-dealkylation sites (tertiary alicyclic amines) is 1. The average Bonchev–Trinajstić information content (AvgIpc) is 2.88. The minimum absolute atomic E-state index is 0.178. The number of hydrogen-bond acceptors (Lipinski definition) is 5. The quantitative estimate of drug-likeness (QED) is 0.511. The molecule has 4 atom stereocenters. The van der Waals surface area contributed by atoms with Crippen molar-refractivity contribution >= 4 is 17.7 Å². The summed E-state index contributed by atoms with van der Waals surface area (Å²) < 4.78 is 0. The van der Waals surface area contributed by atoms with Gasteiger partial charge in [-0.25, -0.2) is 0 Å². The van der Waals surface area contributed by atoms with E-state index in [-0.39, 0.29) is 18.9 Å². The number of carbonyl (C=O) groups excluding carboxylic acids is 3. The number of likely N-dealkylation sites (N-methyl/N-ethyl adjacent to an activating group) is 1. The Hall–Kier alpha value is -2.45. The largest absolute Gasteiger partial charge is 0.388 e. The molecular weight excluding hydrogens is 326 g/mol. The van der Waals surface area contributed by atoms with Crippen LogP contribution in [0.3, 0.4) is 0 Å². The lowest BCUT2D eigenvalue weighted by molar-refractivity contribution is -0.142. The van der Waals surface area contributed by atoms with E-state index in [1.54, 1.807) is 0 Å². The number of carbonyl (C=O) groups is 3. The molecule has 136 valence electrons. The van der Waals surface area contributed by atoms with Gasteiger partial charge in [0.1, 0.15) is 18.2 Å². The molecule has 1 aliphatic heterocycles. The van der Waals surface area contributed by atoms with Crippen LogP contribution in [-0.4, -0.2) is 70.7 Å². The Morgan fingerprint density at radius 2 is 1.88 bits per heavy atom. The lowest BCUT2D eigenvalue weighted by atomic mass is 10.0. The third kappa shape index (κ3) is 4.34. The van der Waals surface area contributed by atoms with Crippen LogP contribution in [0.1, 0.15) is 12.5 Å². The van der Waals surface area contributed by atoms with Crippen LogP contribution in [-0.2, 0) is 20.8 Å². The first kappa shape index (κ1) is 18.9. The third-order valence-electron chi connectivity index (χ3n) is 4.19. The van der Waals surface area contributed by atoms with E-state index in [9.17, 15) is 24.6 Å². The number of β-amino-alcohol motifs (C(OH)–C–C–N with tert-alkyl or cyclic N) is 1. The summed E-state index contributed by atoms with van der Waals surface area (Å²) >= 11 is 0. The molecular formula is C17H23N3O5. The second-order valence-electron chi connectivity index (χ2n) is 6.05. The van der Waals surface area contributed by atoms with Crippen molar-refractivity contribution in [1.29, 1.82) is 0 Å². The summed E-state index contributed by atoms with van der Waals surface area (Å²) in [6, 6.07) is 7.04. The van der Waals surface area contributed by atoms with Gasteiger partial charge >= 0.3 is 0 Å². The average molecular weight is 349 g/mol. The van der Waals surface area contributed by atoms with Gasteiger partial charge in [-0.1, -0.05) is 30.3 Å². The summed E-state index contributed by atoms with van der Waals surface area (Å²) in [7, 11) is 1.39. The van der Waals surface area contributed by atoms with E-state index in [0.29, 0.717) is 0 Å². The van der Waals surface area contributed by atoms with Crippen LogP contribution in [0.4, 0.5) is 0 Å².